The summed E-state index contributed by atoms with van der Waals surface area (Å²) in [5.41, 5.74) is 0. The molecule has 4 heteroatoms. The van der Waals surface area contributed by atoms with Gasteiger partial charge in [0.1, 0.15) is 0 Å². The molecule has 0 aliphatic rings. The molecular formula is C6H15AsO3. The third kappa shape index (κ3) is 2430. The Bertz CT molecular complexity index is 17.7. The first-order valence-electron chi connectivity index (χ1n) is 2.99. The summed E-state index contributed by atoms with van der Waals surface area (Å²) < 4.78 is 0. The van der Waals surface area contributed by atoms with Crippen molar-refractivity contribution in [1.82, 2.24) is 0 Å². The molecule has 0 unspecified atom stereocenters. The van der Waals surface area contributed by atoms with Crippen LogP contribution in [0.25, 0.3) is 0 Å². The fourth-order valence-electron chi connectivity index (χ4n) is 0. The summed E-state index contributed by atoms with van der Waals surface area (Å²) in [4.78, 5) is 0. The summed E-state index contributed by atoms with van der Waals surface area (Å²) in [7, 11) is 0. The average molecular weight is 210 g/mol. The quantitative estimate of drug-likeness (QED) is 0.423. The van der Waals surface area contributed by atoms with E-state index in [1.807, 2.05) is 0 Å². The summed E-state index contributed by atoms with van der Waals surface area (Å²) in [6.07, 6.45) is 0. The van der Waals surface area contributed by atoms with E-state index in [0.29, 0.717) is 0 Å². The van der Waals surface area contributed by atoms with Crippen LogP contribution >= 0.6 is 0 Å². The third-order valence-corrected chi connectivity index (χ3v) is 0. The average Bonchev–Trinajstić information content (AvgIpc) is 1.70. The first-order chi connectivity index (χ1) is 4.24. The van der Waals surface area contributed by atoms with Gasteiger partial charge in [-0.3, -0.25) is 0 Å². The molecule has 0 N–H and O–H groups in total. The standard InChI is InChI=1S/3C2H5O.As/c3*1-2-3;/h3*2H2,1H3;/q3*-1;+3. The van der Waals surface area contributed by atoms with E-state index < -0.39 is 0 Å². The van der Waals surface area contributed by atoms with Crippen LogP contribution in [0, 0.1) is 0 Å². The van der Waals surface area contributed by atoms with Gasteiger partial charge in [0, 0.05) is 0 Å². The molecule has 0 saturated heterocycles. The maximum atomic E-state index is 8.93. The van der Waals surface area contributed by atoms with Crippen molar-refractivity contribution in [3.63, 3.8) is 0 Å². The Labute approximate surface area is 74.4 Å². The summed E-state index contributed by atoms with van der Waals surface area (Å²) in [5.74, 6) is 0. The van der Waals surface area contributed by atoms with Gasteiger partial charge < -0.3 is 15.3 Å². The normalized spacial score (nSPS) is 5.40. The van der Waals surface area contributed by atoms with Crippen molar-refractivity contribution < 1.29 is 15.3 Å². The maximum Gasteiger partial charge on any atom is 3.00 e. The van der Waals surface area contributed by atoms with Crippen LogP contribution in [-0.4, -0.2) is 37.8 Å². The van der Waals surface area contributed by atoms with Crippen molar-refractivity contribution in [2.24, 2.45) is 0 Å². The number of rotatable bonds is 0. The van der Waals surface area contributed by atoms with E-state index in [-0.39, 0.29) is 37.8 Å². The monoisotopic (exact) mass is 210 g/mol. The van der Waals surface area contributed by atoms with Gasteiger partial charge in [0.2, 0.25) is 0 Å². The SMILES string of the molecule is CC[O-].CC[O-].CC[O-].[As+3]. The molecular weight excluding hydrogens is 195 g/mol. The van der Waals surface area contributed by atoms with Crippen LogP contribution in [0.2, 0.25) is 0 Å². The Morgan fingerprint density at radius 3 is 0.700 bits per heavy atom. The second-order valence-corrected chi connectivity index (χ2v) is 0.866. The van der Waals surface area contributed by atoms with Gasteiger partial charge in [0.15, 0.2) is 0 Å². The molecule has 0 heterocycles. The topological polar surface area (TPSA) is 69.2 Å². The predicted molar refractivity (Wildman–Crippen MR) is 37.4 cm³/mol. The second-order valence-electron chi connectivity index (χ2n) is 0.866. The molecule has 0 amide bonds. The van der Waals surface area contributed by atoms with Crippen LogP contribution in [-0.2, 0) is 0 Å². The van der Waals surface area contributed by atoms with Gasteiger partial charge in [-0.15, -0.1) is 19.8 Å². The zero-order valence-electron chi connectivity index (χ0n) is 6.79. The van der Waals surface area contributed by atoms with Crippen molar-refractivity contribution in [1.29, 1.82) is 0 Å². The van der Waals surface area contributed by atoms with Gasteiger partial charge >= 0.3 is 18.0 Å². The number of hydrogen-bond acceptors (Lipinski definition) is 3. The fraction of sp³-hybridized carbons (Fsp3) is 1.00. The Balaban J connectivity index is -0.0000000257. The van der Waals surface area contributed by atoms with Crippen LogP contribution in [0.3, 0.4) is 0 Å². The van der Waals surface area contributed by atoms with Crippen LogP contribution < -0.4 is 15.3 Å². The zero-order valence-corrected chi connectivity index (χ0v) is 8.67. The number of hydrogen-bond donors (Lipinski definition) is 0. The molecule has 0 aliphatic heterocycles. The Morgan fingerprint density at radius 1 is 0.700 bits per heavy atom. The van der Waals surface area contributed by atoms with Gasteiger partial charge in [-0.25, -0.2) is 0 Å². The smallest absolute Gasteiger partial charge is 0.855 e. The van der Waals surface area contributed by atoms with Crippen molar-refractivity contribution >= 4 is 18.0 Å². The van der Waals surface area contributed by atoms with Crippen LogP contribution in [0.5, 0.6) is 0 Å². The minimum Gasteiger partial charge on any atom is -0.855 e. The molecule has 62 valence electrons. The molecule has 10 heavy (non-hydrogen) atoms. The van der Waals surface area contributed by atoms with Crippen LogP contribution in [0.4, 0.5) is 0 Å². The fourth-order valence-corrected chi connectivity index (χ4v) is 0. The molecule has 0 rings (SSSR count). The largest absolute Gasteiger partial charge is 3.00 e. The van der Waals surface area contributed by atoms with Gasteiger partial charge in [0.05, 0.1) is 0 Å². The minimum atomic E-state index is 0. The van der Waals surface area contributed by atoms with Gasteiger partial charge in [-0.05, 0) is 0 Å². The molecule has 0 aromatic rings. The molecule has 0 saturated carbocycles. The first kappa shape index (κ1) is 22.4. The van der Waals surface area contributed by atoms with Crippen LogP contribution in [0.15, 0.2) is 0 Å². The molecule has 0 fully saturated rings. The van der Waals surface area contributed by atoms with E-state index in [9.17, 15) is 0 Å². The molecule has 2 radical (unpaired) electrons. The van der Waals surface area contributed by atoms with Gasteiger partial charge in [-0.2, -0.15) is 0 Å². The summed E-state index contributed by atoms with van der Waals surface area (Å²) in [5, 5.41) is 26.8. The minimum absolute atomic E-state index is 0. The Morgan fingerprint density at radius 2 is 0.700 bits per heavy atom. The van der Waals surface area contributed by atoms with E-state index in [2.05, 4.69) is 0 Å². The Kier molecular flexibility index (Phi) is 128. The Hall–Kier alpha value is 0.438. The maximum absolute atomic E-state index is 8.93. The predicted octanol–water partition coefficient (Wildman–Crippen LogP) is -2.28. The van der Waals surface area contributed by atoms with E-state index in [4.69, 9.17) is 15.3 Å². The van der Waals surface area contributed by atoms with Crippen molar-refractivity contribution in [2.75, 3.05) is 19.8 Å². The van der Waals surface area contributed by atoms with Crippen LogP contribution in [0.1, 0.15) is 20.8 Å². The summed E-state index contributed by atoms with van der Waals surface area (Å²) >= 11 is 0. The van der Waals surface area contributed by atoms with Crippen molar-refractivity contribution in [3.8, 4) is 0 Å². The molecule has 0 spiro atoms. The van der Waals surface area contributed by atoms with E-state index in [0.717, 1.165) is 0 Å². The second kappa shape index (κ2) is 56.8. The van der Waals surface area contributed by atoms with Crippen molar-refractivity contribution in [2.45, 2.75) is 20.8 Å². The van der Waals surface area contributed by atoms with Gasteiger partial charge in [0.25, 0.3) is 0 Å². The molecule has 0 aromatic carbocycles. The zero-order chi connectivity index (χ0) is 8.12. The molecule has 0 aliphatic carbocycles. The molecule has 3 nitrogen and oxygen atoms in total. The summed E-state index contributed by atoms with van der Waals surface area (Å²) in [6.45, 7) is 4.71. The van der Waals surface area contributed by atoms with E-state index in [1.54, 1.807) is 20.8 Å². The molecule has 0 atom stereocenters. The van der Waals surface area contributed by atoms with Gasteiger partial charge in [-0.1, -0.05) is 20.8 Å². The molecule has 0 bridgehead atoms. The molecule has 0 aromatic heterocycles. The summed E-state index contributed by atoms with van der Waals surface area (Å²) in [6, 6.07) is 0. The van der Waals surface area contributed by atoms with Crippen molar-refractivity contribution in [3.05, 3.63) is 0 Å². The first-order valence-corrected chi connectivity index (χ1v) is 2.99. The van der Waals surface area contributed by atoms with E-state index in [1.165, 1.54) is 0 Å². The third-order valence-electron chi connectivity index (χ3n) is 0. The van der Waals surface area contributed by atoms with E-state index >= 15 is 0 Å².